The van der Waals surface area contributed by atoms with Crippen molar-refractivity contribution in [3.8, 4) is 0 Å². The number of hydrogen-bond acceptors (Lipinski definition) is 23. The first-order valence-corrected chi connectivity index (χ1v) is 38.9. The molecular formula is C72H139N5O21S. The van der Waals surface area contributed by atoms with E-state index in [4.69, 9.17) is 77.8 Å². The zero-order chi connectivity index (χ0) is 72.4. The number of nitrogens with two attached hydrogens (primary N) is 2. The molecule has 26 nitrogen and oxygen atoms in total. The summed E-state index contributed by atoms with van der Waals surface area (Å²) in [6.07, 6.45) is 30.7. The van der Waals surface area contributed by atoms with Crippen LogP contribution >= 0.6 is 11.8 Å². The lowest BCUT2D eigenvalue weighted by atomic mass is 10.0. The molecule has 0 aromatic carbocycles. The first kappa shape index (κ1) is 95.6. The molecule has 0 spiro atoms. The number of unbranched alkanes of at least 4 members (excludes halogenated alkanes) is 22. The number of carbonyl (C=O) groups is 6. The minimum absolute atomic E-state index is 0.100. The van der Waals surface area contributed by atoms with Crippen molar-refractivity contribution in [1.29, 1.82) is 0 Å². The highest BCUT2D eigenvalue weighted by Crippen LogP contribution is 2.20. The fraction of sp³-hybridized carbons (Fsp3) is 0.917. The molecule has 27 heteroatoms. The number of esters is 2. The Balaban J connectivity index is 4.15. The van der Waals surface area contributed by atoms with E-state index in [1.54, 1.807) is 0 Å². The van der Waals surface area contributed by atoms with E-state index in [1.165, 1.54) is 134 Å². The summed E-state index contributed by atoms with van der Waals surface area (Å²) in [5.41, 5.74) is 11.2. The lowest BCUT2D eigenvalue weighted by molar-refractivity contribution is -0.162. The Morgan fingerprint density at radius 1 is 0.404 bits per heavy atom. The summed E-state index contributed by atoms with van der Waals surface area (Å²) in [5, 5.41) is 17.5. The van der Waals surface area contributed by atoms with Crippen LogP contribution in [-0.2, 0) is 95.1 Å². The number of aliphatic hydroxyl groups excluding tert-OH is 1. The van der Waals surface area contributed by atoms with Crippen LogP contribution in [0.25, 0.3) is 0 Å². The van der Waals surface area contributed by atoms with Crippen LogP contribution < -0.4 is 27.4 Å². The monoisotopic (exact) mass is 1440 g/mol. The minimum Gasteiger partial charge on any atom is -0.461 e. The smallest absolute Gasteiger partial charge is 0.309 e. The summed E-state index contributed by atoms with van der Waals surface area (Å²) in [5.74, 6) is -3.01. The van der Waals surface area contributed by atoms with Crippen molar-refractivity contribution < 1.29 is 100 Å². The summed E-state index contributed by atoms with van der Waals surface area (Å²) in [6, 6.07) is -2.27. The molecule has 5 atom stereocenters. The van der Waals surface area contributed by atoms with Crippen molar-refractivity contribution in [2.24, 2.45) is 23.3 Å². The zero-order valence-electron chi connectivity index (χ0n) is 61.9. The van der Waals surface area contributed by atoms with Crippen LogP contribution in [0.2, 0.25) is 0 Å². The summed E-state index contributed by atoms with van der Waals surface area (Å²) in [7, 11) is 0. The maximum Gasteiger partial charge on any atom is 0.309 e. The number of aliphatic hydroxyl groups is 1. The van der Waals surface area contributed by atoms with E-state index in [-0.39, 0.29) is 87.1 Å². The van der Waals surface area contributed by atoms with Gasteiger partial charge in [0.05, 0.1) is 190 Å². The number of amides is 4. The summed E-state index contributed by atoms with van der Waals surface area (Å²) in [6.45, 7) is 16.9. The highest BCUT2D eigenvalue weighted by Gasteiger charge is 2.26. The quantitative estimate of drug-likeness (QED) is 0.0250. The molecule has 0 rings (SSSR count). The topological polar surface area (TPSA) is 340 Å². The lowest BCUT2D eigenvalue weighted by Crippen LogP contribution is -2.54. The van der Waals surface area contributed by atoms with Crippen LogP contribution in [0.3, 0.4) is 0 Å². The molecule has 0 bridgehead atoms. The maximum atomic E-state index is 13.4. The molecule has 99 heavy (non-hydrogen) atoms. The summed E-state index contributed by atoms with van der Waals surface area (Å²) >= 11 is 1.28. The average Bonchev–Trinajstić information content (AvgIpc) is 1.34. The molecule has 0 aromatic heterocycles. The number of nitrogens with one attached hydrogen (secondary N) is 3. The number of ether oxygens (including phenoxy) is 14. The molecule has 0 unspecified atom stereocenters. The Kier molecular flexibility index (Phi) is 73.2. The molecule has 0 saturated carbocycles. The van der Waals surface area contributed by atoms with Gasteiger partial charge in [0.1, 0.15) is 18.8 Å². The van der Waals surface area contributed by atoms with Gasteiger partial charge in [0.15, 0.2) is 0 Å². The largest absolute Gasteiger partial charge is 0.461 e. The van der Waals surface area contributed by atoms with Crippen molar-refractivity contribution >= 4 is 47.3 Å². The van der Waals surface area contributed by atoms with Gasteiger partial charge >= 0.3 is 11.9 Å². The van der Waals surface area contributed by atoms with Gasteiger partial charge in [0.2, 0.25) is 23.6 Å². The third kappa shape index (κ3) is 68.8. The highest BCUT2D eigenvalue weighted by molar-refractivity contribution is 7.99. The average molecular weight is 1440 g/mol. The Bertz CT molecular complexity index is 1840. The van der Waals surface area contributed by atoms with E-state index in [0.29, 0.717) is 145 Å². The molecule has 0 aliphatic carbocycles. The number of rotatable bonds is 80. The molecule has 0 saturated heterocycles. The molecule has 8 N–H and O–H groups in total. The van der Waals surface area contributed by atoms with Crippen LogP contribution in [0.4, 0.5) is 0 Å². The Hall–Kier alpha value is -3.39. The first-order valence-electron chi connectivity index (χ1n) is 37.7. The fourth-order valence-electron chi connectivity index (χ4n) is 9.74. The normalized spacial score (nSPS) is 13.0. The van der Waals surface area contributed by atoms with Crippen LogP contribution in [0.15, 0.2) is 0 Å². The lowest BCUT2D eigenvalue weighted by Gasteiger charge is -2.22. The van der Waals surface area contributed by atoms with Gasteiger partial charge in [-0.1, -0.05) is 182 Å². The molecule has 0 fully saturated rings. The van der Waals surface area contributed by atoms with E-state index in [9.17, 15) is 33.9 Å². The van der Waals surface area contributed by atoms with Crippen molar-refractivity contribution in [2.45, 2.75) is 219 Å². The first-order chi connectivity index (χ1) is 48.4. The molecule has 0 aromatic rings. The predicted octanol–water partition coefficient (Wildman–Crippen LogP) is 7.74. The summed E-state index contributed by atoms with van der Waals surface area (Å²) < 4.78 is 77.6. The molecule has 4 amide bonds. The third-order valence-electron chi connectivity index (χ3n) is 15.8. The van der Waals surface area contributed by atoms with Gasteiger partial charge in [-0.15, -0.1) is 0 Å². The van der Waals surface area contributed by atoms with Gasteiger partial charge in [-0.25, -0.2) is 0 Å². The Labute approximate surface area is 599 Å². The Morgan fingerprint density at radius 3 is 1.07 bits per heavy atom. The van der Waals surface area contributed by atoms with Crippen molar-refractivity contribution in [3.05, 3.63) is 0 Å². The van der Waals surface area contributed by atoms with Crippen LogP contribution in [-0.4, -0.2) is 255 Å². The fourth-order valence-corrected chi connectivity index (χ4v) is 10.7. The van der Waals surface area contributed by atoms with E-state index < -0.39 is 42.5 Å². The molecular weight excluding hydrogens is 1300 g/mol. The second kappa shape index (κ2) is 75.8. The number of primary amides is 1. The number of carbonyl (C=O) groups excluding carboxylic acids is 6. The second-order valence-electron chi connectivity index (χ2n) is 24.9. The molecule has 0 aliphatic heterocycles. The van der Waals surface area contributed by atoms with Gasteiger partial charge in [0.25, 0.3) is 0 Å². The molecule has 0 radical (unpaired) electrons. The zero-order valence-corrected chi connectivity index (χ0v) is 62.7. The van der Waals surface area contributed by atoms with Gasteiger partial charge < -0.3 is 98.8 Å². The van der Waals surface area contributed by atoms with E-state index >= 15 is 0 Å². The molecule has 584 valence electrons. The molecule has 0 aliphatic rings. The molecule has 0 heterocycles. The van der Waals surface area contributed by atoms with Crippen molar-refractivity contribution in [1.82, 2.24) is 16.0 Å². The van der Waals surface area contributed by atoms with Gasteiger partial charge in [-0.05, 0) is 12.8 Å². The Morgan fingerprint density at radius 2 is 0.727 bits per heavy atom. The van der Waals surface area contributed by atoms with E-state index in [0.717, 1.165) is 38.5 Å². The predicted molar refractivity (Wildman–Crippen MR) is 385 cm³/mol. The van der Waals surface area contributed by atoms with E-state index in [2.05, 4.69) is 29.8 Å². The number of hydrogen-bond donors (Lipinski definition) is 6. The van der Waals surface area contributed by atoms with Crippen molar-refractivity contribution in [3.63, 3.8) is 0 Å². The van der Waals surface area contributed by atoms with Crippen LogP contribution in [0, 0.1) is 11.8 Å². The summed E-state index contributed by atoms with van der Waals surface area (Å²) in [4.78, 5) is 74.6. The van der Waals surface area contributed by atoms with Gasteiger partial charge in [0, 0.05) is 24.5 Å². The van der Waals surface area contributed by atoms with Crippen molar-refractivity contribution in [2.75, 3.05) is 196 Å². The van der Waals surface area contributed by atoms with Gasteiger partial charge in [-0.3, -0.25) is 28.8 Å². The maximum absolute atomic E-state index is 13.4. The SMILES string of the molecule is CCCCCCCCCCCCCC[C@@H](C)C(=O)OC[C@H](CSC[C@H](N)C(=O)N[C@@H](CO)C(=O)NCCOCCOCCOCCOCCOCCOCCOCCOCCOCCOCCOCCOCCC(=O)NCC(N)=O)OC(=O)[C@H](C)CCCCCCCCCCCCCC. The third-order valence-corrected chi connectivity index (χ3v) is 17.0. The van der Waals surface area contributed by atoms with Gasteiger partial charge in [-0.2, -0.15) is 11.8 Å². The number of thioether (sulfide) groups is 1. The van der Waals surface area contributed by atoms with Crippen LogP contribution in [0.5, 0.6) is 0 Å². The van der Waals surface area contributed by atoms with Crippen LogP contribution in [0.1, 0.15) is 201 Å². The second-order valence-corrected chi connectivity index (χ2v) is 25.9. The van der Waals surface area contributed by atoms with E-state index in [1.807, 2.05) is 13.8 Å². The highest BCUT2D eigenvalue weighted by atomic mass is 32.2. The minimum atomic E-state index is -1.23. The standard InChI is InChI=1S/C72H139N5O21S/c1-5-7-9-11-13-15-17-19-21-23-25-27-29-62(3)71(83)97-59-64(98-72(84)63(4)30-28-26-24-22-20-18-16-14-12-10-8-6-2)60-99-61-65(73)69(81)77-66(58-78)70(82)75-32-34-86-36-38-88-40-42-90-44-46-92-48-50-94-52-54-96-56-55-95-53-51-93-49-47-91-45-43-89-41-39-87-37-35-85-33-31-68(80)76-57-67(74)79/h62-66,78H,5-61,73H2,1-4H3,(H2,74,79)(H,75,82)(H,76,80)(H,77,81)/t62-,63-,64-,65+,66+/m1/s1.